The monoisotopic (exact) mass is 251 g/mol. The Morgan fingerprint density at radius 3 is 2.56 bits per heavy atom. The molecule has 1 aromatic heterocycles. The molecule has 0 amide bonds. The Kier molecular flexibility index (Phi) is 3.97. The summed E-state index contributed by atoms with van der Waals surface area (Å²) in [5.74, 6) is 1.92. The average molecular weight is 251 g/mol. The number of anilines is 1. The molecule has 0 unspecified atom stereocenters. The van der Waals surface area contributed by atoms with Crippen molar-refractivity contribution < 1.29 is 4.42 Å². The second-order valence-corrected chi connectivity index (χ2v) is 5.79. The summed E-state index contributed by atoms with van der Waals surface area (Å²) in [5.41, 5.74) is 0.164. The molecule has 0 aliphatic carbocycles. The van der Waals surface area contributed by atoms with Crippen molar-refractivity contribution in [3.63, 3.8) is 0 Å². The van der Waals surface area contributed by atoms with E-state index in [1.54, 1.807) is 0 Å². The van der Waals surface area contributed by atoms with E-state index in [2.05, 4.69) is 36.0 Å². The Labute approximate surface area is 110 Å². The van der Waals surface area contributed by atoms with E-state index in [1.165, 1.54) is 0 Å². The van der Waals surface area contributed by atoms with E-state index in [4.69, 9.17) is 4.42 Å². The fourth-order valence-electron chi connectivity index (χ4n) is 2.66. The molecule has 1 aliphatic rings. The van der Waals surface area contributed by atoms with Crippen molar-refractivity contribution in [3.05, 3.63) is 17.9 Å². The van der Waals surface area contributed by atoms with Gasteiger partial charge in [0.2, 0.25) is 0 Å². The van der Waals surface area contributed by atoms with Gasteiger partial charge in [-0.2, -0.15) is 0 Å². The number of nitrogens with zero attached hydrogens (tertiary/aromatic N) is 2. The number of piperazine rings is 1. The molecule has 1 aromatic rings. The smallest absolute Gasteiger partial charge is 0.195 e. The number of likely N-dealkylation sites (N-methyl/N-ethyl adjacent to an activating group) is 1. The highest BCUT2D eigenvalue weighted by atomic mass is 16.4. The predicted molar refractivity (Wildman–Crippen MR) is 75.2 cm³/mol. The molecular formula is C14H25N3O. The maximum Gasteiger partial charge on any atom is 0.195 e. The first-order chi connectivity index (χ1) is 8.49. The van der Waals surface area contributed by atoms with Crippen LogP contribution in [0.4, 0.5) is 5.88 Å². The van der Waals surface area contributed by atoms with E-state index >= 15 is 0 Å². The molecule has 102 valence electrons. The molecule has 1 aliphatic heterocycles. The van der Waals surface area contributed by atoms with Gasteiger partial charge in [-0.1, -0.05) is 0 Å². The third kappa shape index (κ3) is 3.06. The lowest BCUT2D eigenvalue weighted by atomic mass is 10.0. The van der Waals surface area contributed by atoms with Gasteiger partial charge in [0.15, 0.2) is 5.88 Å². The largest absolute Gasteiger partial charge is 0.446 e. The molecule has 0 bridgehead atoms. The Morgan fingerprint density at radius 1 is 1.33 bits per heavy atom. The second-order valence-electron chi connectivity index (χ2n) is 5.79. The molecule has 0 atom stereocenters. The number of hydrogen-bond donors (Lipinski definition) is 1. The summed E-state index contributed by atoms with van der Waals surface area (Å²) in [7, 11) is 2.10. The van der Waals surface area contributed by atoms with Gasteiger partial charge in [0.1, 0.15) is 5.76 Å². The summed E-state index contributed by atoms with van der Waals surface area (Å²) in [4.78, 5) is 4.75. The van der Waals surface area contributed by atoms with Crippen molar-refractivity contribution >= 4 is 5.88 Å². The van der Waals surface area contributed by atoms with Crippen LogP contribution >= 0.6 is 0 Å². The highest BCUT2D eigenvalue weighted by Crippen LogP contribution is 2.22. The quantitative estimate of drug-likeness (QED) is 0.883. The fraction of sp³-hybridized carbons (Fsp3) is 0.714. The molecule has 0 spiro atoms. The third-order valence-electron chi connectivity index (χ3n) is 3.70. The van der Waals surface area contributed by atoms with E-state index in [0.717, 1.165) is 44.4 Å². The summed E-state index contributed by atoms with van der Waals surface area (Å²) in [6.45, 7) is 12.0. The van der Waals surface area contributed by atoms with Crippen molar-refractivity contribution in [1.82, 2.24) is 10.2 Å². The third-order valence-corrected chi connectivity index (χ3v) is 3.70. The molecule has 1 N–H and O–H groups in total. The van der Waals surface area contributed by atoms with Crippen LogP contribution in [0.15, 0.2) is 16.5 Å². The minimum absolute atomic E-state index is 0.164. The van der Waals surface area contributed by atoms with E-state index in [-0.39, 0.29) is 5.54 Å². The predicted octanol–water partition coefficient (Wildman–Crippen LogP) is 1.71. The van der Waals surface area contributed by atoms with Gasteiger partial charge in [-0.15, -0.1) is 0 Å². The second kappa shape index (κ2) is 5.33. The molecule has 0 saturated carbocycles. The number of aryl methyl sites for hydroxylation is 1. The zero-order valence-electron chi connectivity index (χ0n) is 12.0. The van der Waals surface area contributed by atoms with E-state index in [9.17, 15) is 0 Å². The van der Waals surface area contributed by atoms with Gasteiger partial charge in [0, 0.05) is 51.4 Å². The van der Waals surface area contributed by atoms with Crippen LogP contribution in [0, 0.1) is 6.92 Å². The maximum absolute atomic E-state index is 5.67. The number of rotatable bonds is 4. The standard InChI is InChI=1S/C14H25N3O/c1-12-5-6-13(18-12)16(4)11-14(2,3)17-9-7-15-8-10-17/h5-6,15H,7-11H2,1-4H3. The van der Waals surface area contributed by atoms with Crippen molar-refractivity contribution in [2.45, 2.75) is 26.3 Å². The van der Waals surface area contributed by atoms with Crippen LogP contribution < -0.4 is 10.2 Å². The lowest BCUT2D eigenvalue weighted by Crippen LogP contribution is -2.57. The first-order valence-corrected chi connectivity index (χ1v) is 6.72. The van der Waals surface area contributed by atoms with Crippen molar-refractivity contribution in [3.8, 4) is 0 Å². The van der Waals surface area contributed by atoms with Gasteiger partial charge >= 0.3 is 0 Å². The zero-order valence-corrected chi connectivity index (χ0v) is 12.0. The highest BCUT2D eigenvalue weighted by molar-refractivity contribution is 5.35. The molecule has 0 aromatic carbocycles. The van der Waals surface area contributed by atoms with E-state index in [1.807, 2.05) is 19.1 Å². The number of hydrogen-bond acceptors (Lipinski definition) is 4. The van der Waals surface area contributed by atoms with Crippen LogP contribution in [0.2, 0.25) is 0 Å². The van der Waals surface area contributed by atoms with Gasteiger partial charge in [-0.25, -0.2) is 0 Å². The first kappa shape index (κ1) is 13.4. The summed E-state index contributed by atoms with van der Waals surface area (Å²) in [6, 6.07) is 4.06. The van der Waals surface area contributed by atoms with Crippen LogP contribution in [-0.2, 0) is 0 Å². The fourth-order valence-corrected chi connectivity index (χ4v) is 2.66. The molecular weight excluding hydrogens is 226 g/mol. The Hall–Kier alpha value is -1.00. The summed E-state index contributed by atoms with van der Waals surface area (Å²) in [5, 5.41) is 3.40. The van der Waals surface area contributed by atoms with Crippen LogP contribution in [0.5, 0.6) is 0 Å². The Bertz CT molecular complexity index is 380. The molecule has 0 radical (unpaired) electrons. The minimum Gasteiger partial charge on any atom is -0.446 e. The van der Waals surface area contributed by atoms with Gasteiger partial charge in [0.25, 0.3) is 0 Å². The molecule has 1 saturated heterocycles. The van der Waals surface area contributed by atoms with Crippen LogP contribution in [0.1, 0.15) is 19.6 Å². The highest BCUT2D eigenvalue weighted by Gasteiger charge is 2.29. The normalized spacial score (nSPS) is 18.0. The van der Waals surface area contributed by atoms with E-state index in [0.29, 0.717) is 0 Å². The Balaban J connectivity index is 1.98. The van der Waals surface area contributed by atoms with Crippen molar-refractivity contribution in [1.29, 1.82) is 0 Å². The molecule has 18 heavy (non-hydrogen) atoms. The molecule has 4 heteroatoms. The Morgan fingerprint density at radius 2 is 2.00 bits per heavy atom. The van der Waals surface area contributed by atoms with Gasteiger partial charge < -0.3 is 14.6 Å². The molecule has 1 fully saturated rings. The zero-order chi connectivity index (χ0) is 13.2. The summed E-state index contributed by atoms with van der Waals surface area (Å²) >= 11 is 0. The minimum atomic E-state index is 0.164. The SMILES string of the molecule is Cc1ccc(N(C)CC(C)(C)N2CCNCC2)o1. The summed E-state index contributed by atoms with van der Waals surface area (Å²) < 4.78 is 5.67. The van der Waals surface area contributed by atoms with Crippen molar-refractivity contribution in [2.24, 2.45) is 0 Å². The van der Waals surface area contributed by atoms with Crippen LogP contribution in [0.3, 0.4) is 0 Å². The van der Waals surface area contributed by atoms with Crippen LogP contribution in [-0.4, -0.2) is 50.2 Å². The van der Waals surface area contributed by atoms with Gasteiger partial charge in [-0.3, -0.25) is 4.90 Å². The average Bonchev–Trinajstić information content (AvgIpc) is 2.77. The van der Waals surface area contributed by atoms with Gasteiger partial charge in [0.05, 0.1) is 0 Å². The topological polar surface area (TPSA) is 31.6 Å². The summed E-state index contributed by atoms with van der Waals surface area (Å²) in [6.07, 6.45) is 0. The lowest BCUT2D eigenvalue weighted by Gasteiger charge is -2.43. The van der Waals surface area contributed by atoms with E-state index < -0.39 is 0 Å². The maximum atomic E-state index is 5.67. The van der Waals surface area contributed by atoms with Crippen LogP contribution in [0.25, 0.3) is 0 Å². The molecule has 4 nitrogen and oxygen atoms in total. The molecule has 2 heterocycles. The van der Waals surface area contributed by atoms with Crippen molar-refractivity contribution in [2.75, 3.05) is 44.7 Å². The lowest BCUT2D eigenvalue weighted by molar-refractivity contribution is 0.108. The number of furan rings is 1. The molecule has 2 rings (SSSR count). The first-order valence-electron chi connectivity index (χ1n) is 6.72. The number of nitrogens with one attached hydrogen (secondary N) is 1. The van der Waals surface area contributed by atoms with Gasteiger partial charge in [-0.05, 0) is 26.8 Å².